The molecule has 0 spiro atoms. The fourth-order valence-corrected chi connectivity index (χ4v) is 3.30. The predicted molar refractivity (Wildman–Crippen MR) is 115 cm³/mol. The quantitative estimate of drug-likeness (QED) is 0.488. The van der Waals surface area contributed by atoms with Gasteiger partial charge >= 0.3 is 6.03 Å². The van der Waals surface area contributed by atoms with E-state index in [-0.39, 0.29) is 5.69 Å². The molecule has 0 radical (unpaired) electrons. The minimum Gasteiger partial charge on any atom is -0.345 e. The van der Waals surface area contributed by atoms with Crippen molar-refractivity contribution in [2.45, 2.75) is 39.8 Å². The van der Waals surface area contributed by atoms with Gasteiger partial charge in [0.2, 0.25) is 0 Å². The summed E-state index contributed by atoms with van der Waals surface area (Å²) in [5.74, 6) is -1.47. The second-order valence-corrected chi connectivity index (χ2v) is 7.38. The number of unbranched alkanes of at least 4 members (excludes halogenated alkanes) is 1. The van der Waals surface area contributed by atoms with Crippen LogP contribution < -0.4 is 5.32 Å². The smallest absolute Gasteiger partial charge is 0.322 e. The normalized spacial score (nSPS) is 10.8. The molecule has 30 heavy (non-hydrogen) atoms. The van der Waals surface area contributed by atoms with Crippen molar-refractivity contribution >= 4 is 11.7 Å². The summed E-state index contributed by atoms with van der Waals surface area (Å²) in [7, 11) is 0. The summed E-state index contributed by atoms with van der Waals surface area (Å²) in [6.45, 7) is 5.78. The summed E-state index contributed by atoms with van der Waals surface area (Å²) in [4.78, 5) is 14.5. The van der Waals surface area contributed by atoms with Crippen LogP contribution in [0.25, 0.3) is 0 Å². The molecule has 6 heteroatoms. The standard InChI is InChI=1S/C24H27F2N3O/c1-3-4-13-29(24(30)27-23-12-11-20(25)15-22(23)26)17-21-10-7-14-28(21)16-19-9-6-5-8-18(19)2/h5-12,14-15H,3-4,13,16-17H2,1-2H3,(H,27,30). The topological polar surface area (TPSA) is 37.3 Å². The van der Waals surface area contributed by atoms with Crippen molar-refractivity contribution in [2.24, 2.45) is 0 Å². The number of aromatic nitrogens is 1. The van der Waals surface area contributed by atoms with Gasteiger partial charge in [-0.15, -0.1) is 0 Å². The van der Waals surface area contributed by atoms with Gasteiger partial charge in [-0.3, -0.25) is 0 Å². The molecular formula is C24H27F2N3O. The Hall–Kier alpha value is -3.15. The lowest BCUT2D eigenvalue weighted by Crippen LogP contribution is -2.36. The maximum absolute atomic E-state index is 14.0. The molecule has 0 saturated carbocycles. The van der Waals surface area contributed by atoms with E-state index in [0.717, 1.165) is 30.7 Å². The van der Waals surface area contributed by atoms with Crippen molar-refractivity contribution in [1.29, 1.82) is 0 Å². The lowest BCUT2D eigenvalue weighted by atomic mass is 10.1. The van der Waals surface area contributed by atoms with Gasteiger partial charge in [-0.05, 0) is 48.7 Å². The molecular weight excluding hydrogens is 384 g/mol. The number of hydrogen-bond donors (Lipinski definition) is 1. The summed E-state index contributed by atoms with van der Waals surface area (Å²) in [6.07, 6.45) is 3.76. The molecule has 0 unspecified atom stereocenters. The summed E-state index contributed by atoms with van der Waals surface area (Å²) in [5.41, 5.74) is 3.39. The number of anilines is 1. The van der Waals surface area contributed by atoms with Gasteiger partial charge in [0.1, 0.15) is 11.6 Å². The van der Waals surface area contributed by atoms with Gasteiger partial charge in [-0.25, -0.2) is 13.6 Å². The third-order valence-electron chi connectivity index (χ3n) is 5.12. The van der Waals surface area contributed by atoms with Crippen LogP contribution in [-0.4, -0.2) is 22.0 Å². The number of carbonyl (C=O) groups is 1. The van der Waals surface area contributed by atoms with Crippen LogP contribution in [-0.2, 0) is 13.1 Å². The monoisotopic (exact) mass is 411 g/mol. The number of nitrogens with zero attached hydrogens (tertiary/aromatic N) is 2. The summed E-state index contributed by atoms with van der Waals surface area (Å²) in [6, 6.07) is 14.9. The Morgan fingerprint density at radius 1 is 1.10 bits per heavy atom. The predicted octanol–water partition coefficient (Wildman–Crippen LogP) is 5.96. The number of halogens is 2. The van der Waals surface area contributed by atoms with Gasteiger partial charge in [0.25, 0.3) is 0 Å². The van der Waals surface area contributed by atoms with Crippen LogP contribution in [0.5, 0.6) is 0 Å². The van der Waals surface area contributed by atoms with Gasteiger partial charge in [0, 0.05) is 31.0 Å². The Kier molecular flexibility index (Phi) is 7.22. The second kappa shape index (κ2) is 10.1. The summed E-state index contributed by atoms with van der Waals surface area (Å²) >= 11 is 0. The first-order chi connectivity index (χ1) is 14.5. The molecule has 3 aromatic rings. The molecule has 0 fully saturated rings. The van der Waals surface area contributed by atoms with E-state index in [4.69, 9.17) is 0 Å². The molecule has 0 bridgehead atoms. The molecule has 0 saturated heterocycles. The van der Waals surface area contributed by atoms with Crippen LogP contribution in [0.1, 0.15) is 36.6 Å². The fraction of sp³-hybridized carbons (Fsp3) is 0.292. The van der Waals surface area contributed by atoms with Crippen LogP contribution in [0.4, 0.5) is 19.3 Å². The number of urea groups is 1. The van der Waals surface area contributed by atoms with Crippen LogP contribution >= 0.6 is 0 Å². The van der Waals surface area contributed by atoms with Crippen molar-refractivity contribution < 1.29 is 13.6 Å². The van der Waals surface area contributed by atoms with Crippen molar-refractivity contribution in [3.05, 3.63) is 89.2 Å². The van der Waals surface area contributed by atoms with Crippen molar-refractivity contribution in [3.63, 3.8) is 0 Å². The zero-order valence-electron chi connectivity index (χ0n) is 17.4. The van der Waals surface area contributed by atoms with E-state index >= 15 is 0 Å². The number of aryl methyl sites for hydroxylation is 1. The Labute approximate surface area is 176 Å². The molecule has 3 rings (SSSR count). The highest BCUT2D eigenvalue weighted by atomic mass is 19.1. The van der Waals surface area contributed by atoms with Crippen LogP contribution in [0.2, 0.25) is 0 Å². The molecule has 158 valence electrons. The number of benzene rings is 2. The highest BCUT2D eigenvalue weighted by molar-refractivity contribution is 5.89. The van der Waals surface area contributed by atoms with E-state index in [1.54, 1.807) is 4.90 Å². The number of rotatable bonds is 8. The Bertz CT molecular complexity index is 1000. The van der Waals surface area contributed by atoms with Crippen LogP contribution in [0.3, 0.4) is 0 Å². The number of carbonyl (C=O) groups excluding carboxylic acids is 1. The van der Waals surface area contributed by atoms with E-state index in [1.807, 2.05) is 30.5 Å². The SMILES string of the molecule is CCCCN(Cc1cccn1Cc1ccccc1C)C(=O)Nc1ccc(F)cc1F. The highest BCUT2D eigenvalue weighted by Gasteiger charge is 2.17. The minimum absolute atomic E-state index is 0.0295. The van der Waals surface area contributed by atoms with Gasteiger partial charge in [-0.2, -0.15) is 0 Å². The molecule has 0 atom stereocenters. The fourth-order valence-electron chi connectivity index (χ4n) is 3.30. The lowest BCUT2D eigenvalue weighted by molar-refractivity contribution is 0.206. The van der Waals surface area contributed by atoms with E-state index in [0.29, 0.717) is 19.6 Å². The van der Waals surface area contributed by atoms with Gasteiger partial charge in [0.05, 0.1) is 12.2 Å². The molecule has 2 aromatic carbocycles. The largest absolute Gasteiger partial charge is 0.345 e. The minimum atomic E-state index is -0.790. The molecule has 0 aliphatic carbocycles. The van der Waals surface area contributed by atoms with E-state index in [1.165, 1.54) is 17.2 Å². The maximum atomic E-state index is 14.0. The zero-order chi connectivity index (χ0) is 21.5. The number of nitrogens with one attached hydrogen (secondary N) is 1. The molecule has 0 aliphatic rings. The van der Waals surface area contributed by atoms with E-state index in [9.17, 15) is 13.6 Å². The first-order valence-corrected chi connectivity index (χ1v) is 10.2. The average molecular weight is 411 g/mol. The molecule has 1 heterocycles. The van der Waals surface area contributed by atoms with Gasteiger partial charge in [-0.1, -0.05) is 37.6 Å². The third kappa shape index (κ3) is 5.47. The van der Waals surface area contributed by atoms with Gasteiger partial charge in [0.15, 0.2) is 0 Å². The van der Waals surface area contributed by atoms with E-state index < -0.39 is 17.7 Å². The highest BCUT2D eigenvalue weighted by Crippen LogP contribution is 2.18. The first-order valence-electron chi connectivity index (χ1n) is 10.2. The van der Waals surface area contributed by atoms with Crippen molar-refractivity contribution in [1.82, 2.24) is 9.47 Å². The third-order valence-corrected chi connectivity index (χ3v) is 5.12. The summed E-state index contributed by atoms with van der Waals surface area (Å²) in [5, 5.41) is 2.57. The molecule has 2 amide bonds. The maximum Gasteiger partial charge on any atom is 0.322 e. The van der Waals surface area contributed by atoms with E-state index in [2.05, 4.69) is 35.9 Å². The van der Waals surface area contributed by atoms with Crippen molar-refractivity contribution in [2.75, 3.05) is 11.9 Å². The van der Waals surface area contributed by atoms with Crippen LogP contribution in [0, 0.1) is 18.6 Å². The Morgan fingerprint density at radius 2 is 1.90 bits per heavy atom. The number of amides is 2. The molecule has 1 aromatic heterocycles. The average Bonchev–Trinajstić information content (AvgIpc) is 3.15. The van der Waals surface area contributed by atoms with Crippen molar-refractivity contribution in [3.8, 4) is 0 Å². The van der Waals surface area contributed by atoms with Crippen LogP contribution in [0.15, 0.2) is 60.8 Å². The first kappa shape index (κ1) is 21.6. The Morgan fingerprint density at radius 3 is 2.63 bits per heavy atom. The van der Waals surface area contributed by atoms with Gasteiger partial charge < -0.3 is 14.8 Å². The molecule has 1 N–H and O–H groups in total. The number of hydrogen-bond acceptors (Lipinski definition) is 1. The Balaban J connectivity index is 1.76. The molecule has 0 aliphatic heterocycles. The zero-order valence-corrected chi connectivity index (χ0v) is 17.4. The molecule has 4 nitrogen and oxygen atoms in total. The summed E-state index contributed by atoms with van der Waals surface area (Å²) < 4.78 is 29.2. The second-order valence-electron chi connectivity index (χ2n) is 7.38. The lowest BCUT2D eigenvalue weighted by Gasteiger charge is -2.24.